The molecule has 1 aliphatic rings. The van der Waals surface area contributed by atoms with E-state index in [1.54, 1.807) is 20.2 Å². The predicted octanol–water partition coefficient (Wildman–Crippen LogP) is 2.78. The van der Waals surface area contributed by atoms with E-state index in [2.05, 4.69) is 50.9 Å². The molecule has 1 saturated heterocycles. The van der Waals surface area contributed by atoms with Crippen LogP contribution in [-0.4, -0.2) is 50.9 Å². The van der Waals surface area contributed by atoms with Crippen molar-refractivity contribution in [2.75, 3.05) is 38.7 Å². The zero-order valence-corrected chi connectivity index (χ0v) is 16.7. The molecule has 6 heteroatoms. The van der Waals surface area contributed by atoms with E-state index in [0.717, 1.165) is 37.5 Å². The molecule has 0 aromatic heterocycles. The molecule has 1 fully saturated rings. The van der Waals surface area contributed by atoms with E-state index in [0.29, 0.717) is 24.8 Å². The molecule has 3 rings (SSSR count). The zero-order valence-electron chi connectivity index (χ0n) is 16.7. The molecule has 0 bridgehead atoms. The number of aromatic hydroxyl groups is 1. The van der Waals surface area contributed by atoms with Gasteiger partial charge in [0.05, 0.1) is 7.11 Å². The second-order valence-electron chi connectivity index (χ2n) is 6.98. The van der Waals surface area contributed by atoms with Gasteiger partial charge in [-0.1, -0.05) is 24.3 Å². The summed E-state index contributed by atoms with van der Waals surface area (Å²) >= 11 is 0. The summed E-state index contributed by atoms with van der Waals surface area (Å²) in [7, 11) is 3.38. The van der Waals surface area contributed by atoms with Gasteiger partial charge in [0.1, 0.15) is 11.5 Å². The number of hydrogen-bond acceptors (Lipinski definition) is 4. The maximum absolute atomic E-state index is 10.1. The number of para-hydroxylation sites is 1. The van der Waals surface area contributed by atoms with Gasteiger partial charge < -0.3 is 25.4 Å². The number of rotatable bonds is 6. The van der Waals surface area contributed by atoms with Gasteiger partial charge in [-0.05, 0) is 43.0 Å². The number of benzene rings is 2. The first-order valence-corrected chi connectivity index (χ1v) is 9.82. The fourth-order valence-electron chi connectivity index (χ4n) is 3.51. The molecule has 0 amide bonds. The highest BCUT2D eigenvalue weighted by molar-refractivity contribution is 5.80. The number of guanidine groups is 1. The normalized spacial score (nSPS) is 15.4. The second kappa shape index (κ2) is 9.88. The summed E-state index contributed by atoms with van der Waals surface area (Å²) in [4.78, 5) is 6.77. The SMILES string of the molecule is CN=C(NCCc1ccc(OC)cc1O)NC1CCN(c2ccccc2)CC1. The minimum atomic E-state index is 0.261. The third-order valence-electron chi connectivity index (χ3n) is 5.16. The Morgan fingerprint density at radius 3 is 2.57 bits per heavy atom. The van der Waals surface area contributed by atoms with Gasteiger partial charge in [-0.3, -0.25) is 4.99 Å². The zero-order chi connectivity index (χ0) is 19.8. The molecule has 2 aromatic carbocycles. The van der Waals surface area contributed by atoms with Crippen molar-refractivity contribution in [2.45, 2.75) is 25.3 Å². The van der Waals surface area contributed by atoms with Crippen LogP contribution >= 0.6 is 0 Å². The number of piperidine rings is 1. The molecule has 0 radical (unpaired) electrons. The largest absolute Gasteiger partial charge is 0.508 e. The lowest BCUT2D eigenvalue weighted by Crippen LogP contribution is -2.49. The molecule has 28 heavy (non-hydrogen) atoms. The van der Waals surface area contributed by atoms with Gasteiger partial charge in [0, 0.05) is 44.5 Å². The first-order chi connectivity index (χ1) is 13.7. The van der Waals surface area contributed by atoms with Gasteiger partial charge in [-0.25, -0.2) is 0 Å². The van der Waals surface area contributed by atoms with Crippen LogP contribution in [0.25, 0.3) is 0 Å². The van der Waals surface area contributed by atoms with Crippen LogP contribution in [0.4, 0.5) is 5.69 Å². The van der Waals surface area contributed by atoms with Crippen molar-refractivity contribution in [1.82, 2.24) is 10.6 Å². The van der Waals surface area contributed by atoms with Crippen molar-refractivity contribution in [3.63, 3.8) is 0 Å². The molecule has 0 aliphatic carbocycles. The lowest BCUT2D eigenvalue weighted by Gasteiger charge is -2.34. The van der Waals surface area contributed by atoms with E-state index < -0.39 is 0 Å². The molecule has 0 unspecified atom stereocenters. The van der Waals surface area contributed by atoms with Gasteiger partial charge in [-0.15, -0.1) is 0 Å². The van der Waals surface area contributed by atoms with Gasteiger partial charge >= 0.3 is 0 Å². The van der Waals surface area contributed by atoms with E-state index in [4.69, 9.17) is 4.74 Å². The van der Waals surface area contributed by atoms with E-state index in [-0.39, 0.29) is 5.75 Å². The molecule has 6 nitrogen and oxygen atoms in total. The monoisotopic (exact) mass is 382 g/mol. The van der Waals surface area contributed by atoms with Crippen LogP contribution < -0.4 is 20.3 Å². The van der Waals surface area contributed by atoms with Crippen molar-refractivity contribution in [3.05, 3.63) is 54.1 Å². The predicted molar refractivity (Wildman–Crippen MR) is 115 cm³/mol. The molecular formula is C22H30N4O2. The molecule has 0 saturated carbocycles. The minimum Gasteiger partial charge on any atom is -0.508 e. The summed E-state index contributed by atoms with van der Waals surface area (Å²) in [6.07, 6.45) is 2.87. The van der Waals surface area contributed by atoms with Gasteiger partial charge in [0.25, 0.3) is 0 Å². The Kier molecular flexibility index (Phi) is 7.00. The summed E-state index contributed by atoms with van der Waals surface area (Å²) in [5, 5.41) is 16.9. The molecule has 2 aromatic rings. The second-order valence-corrected chi connectivity index (χ2v) is 6.98. The van der Waals surface area contributed by atoms with Crippen LogP contribution in [0.3, 0.4) is 0 Å². The maximum Gasteiger partial charge on any atom is 0.191 e. The number of ether oxygens (including phenoxy) is 1. The fourth-order valence-corrected chi connectivity index (χ4v) is 3.51. The van der Waals surface area contributed by atoms with Crippen LogP contribution in [-0.2, 0) is 6.42 Å². The number of phenols is 1. The number of nitrogens with one attached hydrogen (secondary N) is 2. The Hall–Kier alpha value is -2.89. The fraction of sp³-hybridized carbons (Fsp3) is 0.409. The molecule has 1 heterocycles. The minimum absolute atomic E-state index is 0.261. The quantitative estimate of drug-likeness (QED) is 0.529. The summed E-state index contributed by atoms with van der Waals surface area (Å²) in [5.41, 5.74) is 2.18. The van der Waals surface area contributed by atoms with Crippen LogP contribution in [0.15, 0.2) is 53.5 Å². The van der Waals surface area contributed by atoms with E-state index in [9.17, 15) is 5.11 Å². The Balaban J connectivity index is 1.43. The van der Waals surface area contributed by atoms with Crippen molar-refractivity contribution < 1.29 is 9.84 Å². The first kappa shape index (κ1) is 19.9. The highest BCUT2D eigenvalue weighted by atomic mass is 16.5. The van der Waals surface area contributed by atoms with E-state index in [1.807, 2.05) is 12.1 Å². The van der Waals surface area contributed by atoms with Crippen LogP contribution in [0.2, 0.25) is 0 Å². The highest BCUT2D eigenvalue weighted by Gasteiger charge is 2.20. The Morgan fingerprint density at radius 2 is 1.93 bits per heavy atom. The lowest BCUT2D eigenvalue weighted by atomic mass is 10.0. The average Bonchev–Trinajstić information content (AvgIpc) is 2.75. The summed E-state index contributed by atoms with van der Waals surface area (Å²) in [5.74, 6) is 1.73. The topological polar surface area (TPSA) is 69.1 Å². The summed E-state index contributed by atoms with van der Waals surface area (Å²) in [6.45, 7) is 2.78. The maximum atomic E-state index is 10.1. The molecule has 150 valence electrons. The molecule has 0 atom stereocenters. The van der Waals surface area contributed by atoms with Crippen molar-refractivity contribution >= 4 is 11.6 Å². The molecule has 1 aliphatic heterocycles. The van der Waals surface area contributed by atoms with Crippen molar-refractivity contribution in [1.29, 1.82) is 0 Å². The number of phenolic OH excluding ortho intramolecular Hbond substituents is 1. The molecular weight excluding hydrogens is 352 g/mol. The third-order valence-corrected chi connectivity index (χ3v) is 5.16. The average molecular weight is 383 g/mol. The number of hydrogen-bond donors (Lipinski definition) is 3. The van der Waals surface area contributed by atoms with Gasteiger partial charge in [0.2, 0.25) is 0 Å². The lowest BCUT2D eigenvalue weighted by molar-refractivity contribution is 0.406. The Labute approximate surface area is 167 Å². The smallest absolute Gasteiger partial charge is 0.191 e. The van der Waals surface area contributed by atoms with Gasteiger partial charge in [-0.2, -0.15) is 0 Å². The summed E-state index contributed by atoms with van der Waals surface area (Å²) in [6, 6.07) is 16.4. The number of nitrogens with zero attached hydrogens (tertiary/aromatic N) is 2. The number of aliphatic imine (C=N–C) groups is 1. The number of anilines is 1. The highest BCUT2D eigenvalue weighted by Crippen LogP contribution is 2.23. The number of methoxy groups -OCH3 is 1. The van der Waals surface area contributed by atoms with Crippen molar-refractivity contribution in [3.8, 4) is 11.5 Å². The first-order valence-electron chi connectivity index (χ1n) is 9.82. The van der Waals surface area contributed by atoms with Crippen LogP contribution in [0.1, 0.15) is 18.4 Å². The third kappa shape index (κ3) is 5.31. The Bertz CT molecular complexity index is 771. The molecule has 3 N–H and O–H groups in total. The summed E-state index contributed by atoms with van der Waals surface area (Å²) < 4.78 is 5.12. The van der Waals surface area contributed by atoms with E-state index in [1.165, 1.54) is 5.69 Å². The standard InChI is InChI=1S/C22H30N4O2/c1-23-22(24-13-10-17-8-9-20(28-2)16-21(17)27)25-18-11-14-26(15-12-18)19-6-4-3-5-7-19/h3-9,16,18,27H,10-15H2,1-2H3,(H2,23,24,25). The molecule has 0 spiro atoms. The van der Waals surface area contributed by atoms with Gasteiger partial charge in [0.15, 0.2) is 5.96 Å². The Morgan fingerprint density at radius 1 is 1.18 bits per heavy atom. The van der Waals surface area contributed by atoms with Crippen LogP contribution in [0.5, 0.6) is 11.5 Å². The van der Waals surface area contributed by atoms with Crippen LogP contribution in [0, 0.1) is 0 Å². The van der Waals surface area contributed by atoms with Crippen molar-refractivity contribution in [2.24, 2.45) is 4.99 Å². The van der Waals surface area contributed by atoms with E-state index >= 15 is 0 Å².